The van der Waals surface area contributed by atoms with Gasteiger partial charge in [-0.3, -0.25) is 0 Å². The van der Waals surface area contributed by atoms with Gasteiger partial charge in [-0.15, -0.1) is 11.3 Å². The molecule has 118 valence electrons. The fourth-order valence-electron chi connectivity index (χ4n) is 2.27. The molecule has 0 unspecified atom stereocenters. The first-order valence-corrected chi connectivity index (χ1v) is 7.99. The minimum Gasteiger partial charge on any atom is -0.497 e. The number of rotatable bonds is 5. The van der Waals surface area contributed by atoms with Crippen molar-refractivity contribution in [2.24, 2.45) is 0 Å². The van der Waals surface area contributed by atoms with Crippen LogP contribution in [0, 0.1) is 5.82 Å². The van der Waals surface area contributed by atoms with E-state index in [1.165, 1.54) is 13.2 Å². The van der Waals surface area contributed by atoms with Crippen LogP contribution in [0.2, 0.25) is 0 Å². The number of aromatic nitrogens is 1. The first-order valence-electron chi connectivity index (χ1n) is 7.11. The Kier molecular flexibility index (Phi) is 4.57. The minimum absolute atomic E-state index is 0.238. The van der Waals surface area contributed by atoms with Crippen molar-refractivity contribution >= 4 is 11.3 Å². The molecule has 3 aromatic rings. The van der Waals surface area contributed by atoms with E-state index in [1.54, 1.807) is 24.5 Å². The SMILES string of the molecule is COc1ccc(Cc2nc(-c3ccc(OC)c(F)c3)cs2)cc1. The normalized spacial score (nSPS) is 10.6. The van der Waals surface area contributed by atoms with E-state index in [0.29, 0.717) is 0 Å². The maximum absolute atomic E-state index is 13.8. The Morgan fingerprint density at radius 2 is 1.83 bits per heavy atom. The van der Waals surface area contributed by atoms with E-state index in [9.17, 15) is 4.39 Å². The predicted molar refractivity (Wildman–Crippen MR) is 89.9 cm³/mol. The van der Waals surface area contributed by atoms with Gasteiger partial charge in [0, 0.05) is 17.4 Å². The average Bonchev–Trinajstić information content (AvgIpc) is 3.04. The van der Waals surface area contributed by atoms with Crippen molar-refractivity contribution in [1.82, 2.24) is 4.98 Å². The molecule has 0 bridgehead atoms. The molecule has 2 aromatic carbocycles. The molecule has 0 aliphatic heterocycles. The van der Waals surface area contributed by atoms with Gasteiger partial charge in [-0.25, -0.2) is 9.37 Å². The molecule has 3 nitrogen and oxygen atoms in total. The fourth-order valence-corrected chi connectivity index (χ4v) is 3.11. The number of halogens is 1. The fraction of sp³-hybridized carbons (Fsp3) is 0.167. The van der Waals surface area contributed by atoms with E-state index in [4.69, 9.17) is 9.47 Å². The van der Waals surface area contributed by atoms with Gasteiger partial charge in [0.2, 0.25) is 0 Å². The molecule has 0 N–H and O–H groups in total. The average molecular weight is 329 g/mol. The molecule has 0 atom stereocenters. The topological polar surface area (TPSA) is 31.4 Å². The van der Waals surface area contributed by atoms with Crippen LogP contribution < -0.4 is 9.47 Å². The summed E-state index contributed by atoms with van der Waals surface area (Å²) in [5.41, 5.74) is 2.69. The van der Waals surface area contributed by atoms with Crippen LogP contribution in [0.4, 0.5) is 4.39 Å². The molecule has 0 aliphatic rings. The van der Waals surface area contributed by atoms with Crippen molar-refractivity contribution in [3.05, 3.63) is 64.2 Å². The second-order valence-electron chi connectivity index (χ2n) is 5.00. The van der Waals surface area contributed by atoms with E-state index in [1.807, 2.05) is 35.7 Å². The van der Waals surface area contributed by atoms with E-state index < -0.39 is 0 Å². The Morgan fingerprint density at radius 3 is 2.48 bits per heavy atom. The van der Waals surface area contributed by atoms with E-state index in [2.05, 4.69) is 4.98 Å². The molecule has 0 amide bonds. The smallest absolute Gasteiger partial charge is 0.165 e. The molecule has 0 spiro atoms. The second kappa shape index (κ2) is 6.79. The molecular formula is C18H16FNO2S. The highest BCUT2D eigenvalue weighted by molar-refractivity contribution is 7.10. The minimum atomic E-state index is -0.380. The summed E-state index contributed by atoms with van der Waals surface area (Å²) in [7, 11) is 3.10. The first kappa shape index (κ1) is 15.5. The summed E-state index contributed by atoms with van der Waals surface area (Å²) in [4.78, 5) is 4.59. The molecule has 0 aliphatic carbocycles. The lowest BCUT2D eigenvalue weighted by Gasteiger charge is -2.03. The lowest BCUT2D eigenvalue weighted by Crippen LogP contribution is -1.90. The zero-order valence-corrected chi connectivity index (χ0v) is 13.7. The molecule has 0 saturated heterocycles. The molecular weight excluding hydrogens is 313 g/mol. The van der Waals surface area contributed by atoms with Crippen LogP contribution in [0.3, 0.4) is 0 Å². The molecule has 0 fully saturated rings. The highest BCUT2D eigenvalue weighted by Crippen LogP contribution is 2.27. The maximum atomic E-state index is 13.8. The van der Waals surface area contributed by atoms with E-state index in [-0.39, 0.29) is 11.6 Å². The quantitative estimate of drug-likeness (QED) is 0.688. The van der Waals surface area contributed by atoms with Gasteiger partial charge < -0.3 is 9.47 Å². The van der Waals surface area contributed by atoms with Crippen molar-refractivity contribution in [3.63, 3.8) is 0 Å². The molecule has 3 rings (SSSR count). The number of nitrogens with zero attached hydrogens (tertiary/aromatic N) is 1. The lowest BCUT2D eigenvalue weighted by molar-refractivity contribution is 0.386. The van der Waals surface area contributed by atoms with Gasteiger partial charge >= 0.3 is 0 Å². The lowest BCUT2D eigenvalue weighted by atomic mass is 10.1. The maximum Gasteiger partial charge on any atom is 0.165 e. The zero-order chi connectivity index (χ0) is 16.2. The van der Waals surface area contributed by atoms with Crippen molar-refractivity contribution in [3.8, 4) is 22.8 Å². The zero-order valence-electron chi connectivity index (χ0n) is 12.9. The van der Waals surface area contributed by atoms with Crippen molar-refractivity contribution in [1.29, 1.82) is 0 Å². The molecule has 1 heterocycles. The van der Waals surface area contributed by atoms with Crippen molar-refractivity contribution in [2.75, 3.05) is 14.2 Å². The monoisotopic (exact) mass is 329 g/mol. The number of benzene rings is 2. The van der Waals surface area contributed by atoms with Crippen LogP contribution in [-0.4, -0.2) is 19.2 Å². The van der Waals surface area contributed by atoms with E-state index >= 15 is 0 Å². The Bertz CT molecular complexity index is 799. The molecule has 0 radical (unpaired) electrons. The highest BCUT2D eigenvalue weighted by Gasteiger charge is 2.09. The molecule has 1 aromatic heterocycles. The third-order valence-corrected chi connectivity index (χ3v) is 4.36. The second-order valence-corrected chi connectivity index (χ2v) is 5.94. The van der Waals surface area contributed by atoms with Crippen molar-refractivity contribution in [2.45, 2.75) is 6.42 Å². The summed E-state index contributed by atoms with van der Waals surface area (Å²) in [6.07, 6.45) is 0.743. The Hall–Kier alpha value is -2.40. The molecule has 0 saturated carbocycles. The van der Waals surface area contributed by atoms with Gasteiger partial charge in [0.15, 0.2) is 11.6 Å². The summed E-state index contributed by atoms with van der Waals surface area (Å²) in [5, 5.41) is 2.93. The number of hydrogen-bond donors (Lipinski definition) is 0. The standard InChI is InChI=1S/C18H16FNO2S/c1-21-14-6-3-12(4-7-14)9-18-20-16(11-23-18)13-5-8-17(22-2)15(19)10-13/h3-8,10-11H,9H2,1-2H3. The van der Waals surface area contributed by atoms with Crippen LogP contribution in [-0.2, 0) is 6.42 Å². The summed E-state index contributed by atoms with van der Waals surface area (Å²) < 4.78 is 23.9. The summed E-state index contributed by atoms with van der Waals surface area (Å²) in [6.45, 7) is 0. The number of methoxy groups -OCH3 is 2. The van der Waals surface area contributed by atoms with Crippen LogP contribution in [0.25, 0.3) is 11.3 Å². The van der Waals surface area contributed by atoms with Crippen LogP contribution in [0.1, 0.15) is 10.6 Å². The van der Waals surface area contributed by atoms with Gasteiger partial charge in [-0.2, -0.15) is 0 Å². The van der Waals surface area contributed by atoms with Crippen molar-refractivity contribution < 1.29 is 13.9 Å². The first-order chi connectivity index (χ1) is 11.2. The van der Waals surface area contributed by atoms with E-state index in [0.717, 1.165) is 34.0 Å². The van der Waals surface area contributed by atoms with Gasteiger partial charge in [-0.1, -0.05) is 12.1 Å². The molecule has 5 heteroatoms. The summed E-state index contributed by atoms with van der Waals surface area (Å²) in [5.74, 6) is 0.694. The number of thiazole rings is 1. The summed E-state index contributed by atoms with van der Waals surface area (Å²) in [6, 6.07) is 12.8. The molecule has 23 heavy (non-hydrogen) atoms. The Morgan fingerprint density at radius 1 is 1.04 bits per heavy atom. The largest absolute Gasteiger partial charge is 0.497 e. The Balaban J connectivity index is 1.78. The Labute approximate surface area is 138 Å². The summed E-state index contributed by atoms with van der Waals surface area (Å²) >= 11 is 1.57. The number of hydrogen-bond acceptors (Lipinski definition) is 4. The van der Waals surface area contributed by atoms with Crippen LogP contribution >= 0.6 is 11.3 Å². The third-order valence-electron chi connectivity index (χ3n) is 3.51. The third kappa shape index (κ3) is 3.51. The van der Waals surface area contributed by atoms with Gasteiger partial charge in [-0.05, 0) is 35.9 Å². The predicted octanol–water partition coefficient (Wildman–Crippen LogP) is 4.56. The van der Waals surface area contributed by atoms with Crippen LogP contribution in [0.15, 0.2) is 47.8 Å². The van der Waals surface area contributed by atoms with Gasteiger partial charge in [0.1, 0.15) is 5.75 Å². The van der Waals surface area contributed by atoms with Crippen LogP contribution in [0.5, 0.6) is 11.5 Å². The van der Waals surface area contributed by atoms with Gasteiger partial charge in [0.25, 0.3) is 0 Å². The highest BCUT2D eigenvalue weighted by atomic mass is 32.1. The number of ether oxygens (including phenoxy) is 2. The van der Waals surface area contributed by atoms with Gasteiger partial charge in [0.05, 0.1) is 24.9 Å².